The highest BCUT2D eigenvalue weighted by Gasteiger charge is 2.12. The van der Waals surface area contributed by atoms with Gasteiger partial charge < -0.3 is 9.15 Å². The second-order valence-corrected chi connectivity index (χ2v) is 5.10. The average Bonchev–Trinajstić information content (AvgIpc) is 3.13. The van der Waals surface area contributed by atoms with Crippen molar-refractivity contribution in [1.29, 1.82) is 0 Å². The van der Waals surface area contributed by atoms with Crippen LogP contribution in [0.25, 0.3) is 5.69 Å². The lowest BCUT2D eigenvalue weighted by molar-refractivity contribution is 0.412. The molecule has 0 spiro atoms. The summed E-state index contributed by atoms with van der Waals surface area (Å²) in [4.78, 5) is 0. The molecule has 2 heterocycles. The van der Waals surface area contributed by atoms with E-state index in [-0.39, 0.29) is 0 Å². The van der Waals surface area contributed by atoms with E-state index in [1.807, 2.05) is 28.8 Å². The second-order valence-electron chi connectivity index (χ2n) is 4.16. The van der Waals surface area contributed by atoms with Crippen molar-refractivity contribution >= 4 is 11.8 Å². The average molecular weight is 303 g/mol. The minimum absolute atomic E-state index is 0.536. The first-order valence-corrected chi connectivity index (χ1v) is 7.21. The summed E-state index contributed by atoms with van der Waals surface area (Å²) in [6, 6.07) is 7.70. The van der Waals surface area contributed by atoms with Gasteiger partial charge in [-0.25, -0.2) is 0 Å². The molecule has 0 N–H and O–H groups in total. The minimum Gasteiger partial charge on any atom is -0.495 e. The maximum atomic E-state index is 5.36. The maximum absolute atomic E-state index is 5.36. The topological polar surface area (TPSA) is 78.9 Å². The number of hydrogen-bond donors (Lipinski definition) is 0. The Hall–Kier alpha value is -2.35. The van der Waals surface area contributed by atoms with Crippen LogP contribution in [0.4, 0.5) is 0 Å². The summed E-state index contributed by atoms with van der Waals surface area (Å²) in [6.07, 6.45) is 1.65. The van der Waals surface area contributed by atoms with E-state index >= 15 is 0 Å². The zero-order valence-electron chi connectivity index (χ0n) is 11.6. The van der Waals surface area contributed by atoms with E-state index in [9.17, 15) is 0 Å². The Morgan fingerprint density at radius 3 is 2.86 bits per heavy atom. The zero-order valence-corrected chi connectivity index (χ0v) is 12.4. The van der Waals surface area contributed by atoms with Crippen molar-refractivity contribution in [3.63, 3.8) is 0 Å². The van der Waals surface area contributed by atoms with Crippen LogP contribution in [0, 0.1) is 6.92 Å². The van der Waals surface area contributed by atoms with Gasteiger partial charge in [-0.05, 0) is 12.1 Å². The van der Waals surface area contributed by atoms with Crippen LogP contribution in [0.15, 0.2) is 40.2 Å². The molecule has 0 aliphatic rings. The van der Waals surface area contributed by atoms with Gasteiger partial charge in [-0.1, -0.05) is 23.9 Å². The summed E-state index contributed by atoms with van der Waals surface area (Å²) in [5.74, 6) is 2.41. The van der Waals surface area contributed by atoms with Crippen molar-refractivity contribution in [2.75, 3.05) is 7.11 Å². The van der Waals surface area contributed by atoms with Crippen LogP contribution in [0.2, 0.25) is 0 Å². The minimum atomic E-state index is 0.536. The van der Waals surface area contributed by atoms with E-state index in [0.29, 0.717) is 17.5 Å². The smallest absolute Gasteiger partial charge is 0.226 e. The van der Waals surface area contributed by atoms with Gasteiger partial charge in [-0.2, -0.15) is 0 Å². The number of methoxy groups -OCH3 is 1. The molecule has 0 fully saturated rings. The summed E-state index contributed by atoms with van der Waals surface area (Å²) in [5, 5.41) is 16.6. The normalized spacial score (nSPS) is 10.8. The van der Waals surface area contributed by atoms with Gasteiger partial charge in [0, 0.05) is 6.92 Å². The van der Waals surface area contributed by atoms with Crippen LogP contribution in [0.3, 0.4) is 0 Å². The van der Waals surface area contributed by atoms with Crippen LogP contribution in [-0.4, -0.2) is 32.1 Å². The Bertz CT molecular complexity index is 740. The summed E-state index contributed by atoms with van der Waals surface area (Å²) >= 11 is 1.47. The first-order valence-electron chi connectivity index (χ1n) is 6.23. The van der Waals surface area contributed by atoms with Crippen molar-refractivity contribution in [3.8, 4) is 11.4 Å². The first kappa shape index (κ1) is 13.6. The van der Waals surface area contributed by atoms with Crippen LogP contribution >= 0.6 is 11.8 Å². The molecule has 3 rings (SSSR count). The number of para-hydroxylation sites is 2. The third-order valence-corrected chi connectivity index (χ3v) is 3.68. The number of ether oxygens (including phenoxy) is 1. The molecule has 0 atom stereocenters. The Labute approximate surface area is 125 Å². The predicted octanol–water partition coefficient (Wildman–Crippen LogP) is 2.26. The molecule has 2 aromatic heterocycles. The molecule has 0 radical (unpaired) electrons. The second kappa shape index (κ2) is 5.96. The van der Waals surface area contributed by atoms with Gasteiger partial charge in [0.05, 0.1) is 18.6 Å². The quantitative estimate of drug-likeness (QED) is 0.669. The summed E-state index contributed by atoms with van der Waals surface area (Å²) in [6.45, 7) is 1.76. The highest BCUT2D eigenvalue weighted by molar-refractivity contribution is 7.98. The molecule has 0 unspecified atom stereocenters. The molecule has 7 nitrogen and oxygen atoms in total. The molecule has 21 heavy (non-hydrogen) atoms. The summed E-state index contributed by atoms with van der Waals surface area (Å²) in [7, 11) is 1.64. The zero-order chi connectivity index (χ0) is 14.7. The van der Waals surface area contributed by atoms with Gasteiger partial charge in [0.1, 0.15) is 12.1 Å². The number of aryl methyl sites for hydroxylation is 1. The van der Waals surface area contributed by atoms with E-state index in [4.69, 9.17) is 9.15 Å². The maximum Gasteiger partial charge on any atom is 0.226 e. The summed E-state index contributed by atoms with van der Waals surface area (Å²) < 4.78 is 12.6. The lowest BCUT2D eigenvalue weighted by Gasteiger charge is -2.10. The largest absolute Gasteiger partial charge is 0.495 e. The van der Waals surface area contributed by atoms with E-state index in [2.05, 4.69) is 20.4 Å². The number of thioether (sulfide) groups is 1. The number of rotatable bonds is 5. The standard InChI is InChI=1S/C13H13N5O2S/c1-9-15-16-12(20-9)7-21-13-17-14-8-18(13)10-5-3-4-6-11(10)19-2/h3-6,8H,7H2,1-2H3. The van der Waals surface area contributed by atoms with Gasteiger partial charge in [0.2, 0.25) is 11.8 Å². The molecule has 0 amide bonds. The SMILES string of the molecule is COc1ccccc1-n1cnnc1SCc1nnc(C)o1. The fourth-order valence-corrected chi connectivity index (χ4v) is 2.60. The molecule has 0 aliphatic carbocycles. The van der Waals surface area contributed by atoms with Gasteiger partial charge in [0.25, 0.3) is 0 Å². The highest BCUT2D eigenvalue weighted by atomic mass is 32.2. The molecular formula is C13H13N5O2S. The van der Waals surface area contributed by atoms with Crippen LogP contribution in [0.5, 0.6) is 5.75 Å². The Morgan fingerprint density at radius 2 is 2.10 bits per heavy atom. The fraction of sp³-hybridized carbons (Fsp3) is 0.231. The number of benzene rings is 1. The molecule has 0 saturated carbocycles. The van der Waals surface area contributed by atoms with Crippen molar-refractivity contribution < 1.29 is 9.15 Å². The molecule has 0 saturated heterocycles. The van der Waals surface area contributed by atoms with Crippen LogP contribution in [0.1, 0.15) is 11.8 Å². The van der Waals surface area contributed by atoms with E-state index in [1.54, 1.807) is 20.4 Å². The first-order chi connectivity index (χ1) is 10.3. The van der Waals surface area contributed by atoms with Crippen molar-refractivity contribution in [3.05, 3.63) is 42.4 Å². The van der Waals surface area contributed by atoms with Crippen LogP contribution < -0.4 is 4.74 Å². The van der Waals surface area contributed by atoms with Crippen molar-refractivity contribution in [2.24, 2.45) is 0 Å². The Balaban J connectivity index is 1.83. The number of nitrogens with zero attached hydrogens (tertiary/aromatic N) is 5. The molecule has 0 aliphatic heterocycles. The molecule has 8 heteroatoms. The lowest BCUT2D eigenvalue weighted by atomic mass is 10.3. The molecule has 3 aromatic rings. The van der Waals surface area contributed by atoms with Gasteiger partial charge >= 0.3 is 0 Å². The Kier molecular flexibility index (Phi) is 3.87. The molecular weight excluding hydrogens is 290 g/mol. The number of aromatic nitrogens is 5. The van der Waals surface area contributed by atoms with Crippen molar-refractivity contribution in [2.45, 2.75) is 17.8 Å². The molecule has 0 bridgehead atoms. The fourth-order valence-electron chi connectivity index (χ4n) is 1.84. The van der Waals surface area contributed by atoms with E-state index in [1.165, 1.54) is 11.8 Å². The lowest BCUT2D eigenvalue weighted by Crippen LogP contribution is -1.98. The van der Waals surface area contributed by atoms with Gasteiger partial charge in [0.15, 0.2) is 5.16 Å². The molecule has 108 valence electrons. The number of hydrogen-bond acceptors (Lipinski definition) is 7. The summed E-state index contributed by atoms with van der Waals surface area (Å²) in [5.41, 5.74) is 0.884. The molecule has 1 aromatic carbocycles. The third kappa shape index (κ3) is 2.89. The van der Waals surface area contributed by atoms with E-state index < -0.39 is 0 Å². The van der Waals surface area contributed by atoms with E-state index in [0.717, 1.165) is 16.6 Å². The third-order valence-electron chi connectivity index (χ3n) is 2.75. The van der Waals surface area contributed by atoms with Gasteiger partial charge in [-0.3, -0.25) is 4.57 Å². The highest BCUT2D eigenvalue weighted by Crippen LogP contribution is 2.27. The van der Waals surface area contributed by atoms with Crippen LogP contribution in [-0.2, 0) is 5.75 Å². The van der Waals surface area contributed by atoms with Gasteiger partial charge in [-0.15, -0.1) is 20.4 Å². The monoisotopic (exact) mass is 303 g/mol. The Morgan fingerprint density at radius 1 is 1.24 bits per heavy atom. The van der Waals surface area contributed by atoms with Crippen molar-refractivity contribution in [1.82, 2.24) is 25.0 Å². The predicted molar refractivity (Wildman–Crippen MR) is 76.5 cm³/mol.